The summed E-state index contributed by atoms with van der Waals surface area (Å²) in [5, 5.41) is 11.1. The van der Waals surface area contributed by atoms with Gasteiger partial charge in [0, 0.05) is 33.4 Å². The van der Waals surface area contributed by atoms with Crippen LogP contribution < -0.4 is 10.5 Å². The topological polar surface area (TPSA) is 68.0 Å². The fourth-order valence-electron chi connectivity index (χ4n) is 2.35. The van der Waals surface area contributed by atoms with Crippen molar-refractivity contribution >= 4 is 45.9 Å². The Hall–Kier alpha value is -2.08. The normalized spacial score (nSPS) is 10.7. The first-order valence-electron chi connectivity index (χ1n) is 6.95. The van der Waals surface area contributed by atoms with Crippen molar-refractivity contribution in [2.45, 2.75) is 11.3 Å². The van der Waals surface area contributed by atoms with Gasteiger partial charge in [0.25, 0.3) is 0 Å². The molecule has 0 spiro atoms. The van der Waals surface area contributed by atoms with E-state index in [1.165, 1.54) is 0 Å². The molecule has 0 atom stereocenters. The quantitative estimate of drug-likeness (QED) is 0.702. The molecule has 3 rings (SSSR count). The molecule has 0 unspecified atom stereocenters. The van der Waals surface area contributed by atoms with E-state index >= 15 is 0 Å². The van der Waals surface area contributed by atoms with Gasteiger partial charge in [-0.1, -0.05) is 29.8 Å². The molecule has 2 aromatic carbocycles. The molecule has 23 heavy (non-hydrogen) atoms. The van der Waals surface area contributed by atoms with Crippen molar-refractivity contribution in [1.82, 2.24) is 4.98 Å². The molecule has 6 heteroatoms. The summed E-state index contributed by atoms with van der Waals surface area (Å²) in [5.74, 6) is -0.125. The highest BCUT2D eigenvalue weighted by molar-refractivity contribution is 7.97. The molecule has 3 N–H and O–H groups in total. The maximum Gasteiger partial charge on any atom is 0.228 e. The lowest BCUT2D eigenvalue weighted by molar-refractivity contribution is -0.115. The number of carbonyl (C=O) groups is 1. The van der Waals surface area contributed by atoms with Crippen LogP contribution in [0.1, 0.15) is 5.56 Å². The second kappa shape index (κ2) is 7.00. The molecule has 4 nitrogen and oxygen atoms in total. The molecular weight excluding hydrogens is 330 g/mol. The van der Waals surface area contributed by atoms with Crippen molar-refractivity contribution in [1.29, 1.82) is 0 Å². The van der Waals surface area contributed by atoms with Crippen LogP contribution in [-0.4, -0.2) is 10.9 Å². The molecule has 0 aliphatic carbocycles. The van der Waals surface area contributed by atoms with Crippen LogP contribution in [0.15, 0.2) is 59.8 Å². The van der Waals surface area contributed by atoms with Crippen molar-refractivity contribution in [3.63, 3.8) is 0 Å². The van der Waals surface area contributed by atoms with E-state index in [2.05, 4.69) is 10.3 Å². The van der Waals surface area contributed by atoms with Gasteiger partial charge in [0.15, 0.2) is 0 Å². The Morgan fingerprint density at radius 1 is 1.26 bits per heavy atom. The smallest absolute Gasteiger partial charge is 0.228 e. The van der Waals surface area contributed by atoms with Crippen LogP contribution in [0.4, 0.5) is 5.69 Å². The third-order valence-corrected chi connectivity index (χ3v) is 4.40. The van der Waals surface area contributed by atoms with Gasteiger partial charge >= 0.3 is 0 Å². The van der Waals surface area contributed by atoms with E-state index in [-0.39, 0.29) is 12.3 Å². The number of hydrogen-bond donors (Lipinski definition) is 2. The van der Waals surface area contributed by atoms with E-state index in [0.717, 1.165) is 33.2 Å². The predicted molar refractivity (Wildman–Crippen MR) is 95.6 cm³/mol. The number of anilines is 1. The van der Waals surface area contributed by atoms with E-state index in [0.29, 0.717) is 10.7 Å². The third-order valence-electron chi connectivity index (χ3n) is 3.44. The molecule has 1 aromatic heterocycles. The summed E-state index contributed by atoms with van der Waals surface area (Å²) in [6.45, 7) is 0. The largest absolute Gasteiger partial charge is 0.326 e. The van der Waals surface area contributed by atoms with Crippen molar-refractivity contribution in [2.24, 2.45) is 5.14 Å². The highest BCUT2D eigenvalue weighted by Gasteiger charge is 2.09. The third kappa shape index (κ3) is 3.64. The van der Waals surface area contributed by atoms with Crippen LogP contribution in [0.5, 0.6) is 0 Å². The van der Waals surface area contributed by atoms with Gasteiger partial charge in [-0.25, -0.2) is 0 Å². The summed E-state index contributed by atoms with van der Waals surface area (Å²) < 4.78 is 0. The SMILES string of the molecule is NSc1cc(NC(=O)Cc2ccccc2Cl)cc2ccncc12. The Kier molecular flexibility index (Phi) is 4.81. The standard InChI is InChI=1S/C17H14ClN3OS/c18-15-4-2-1-3-12(15)8-17(22)21-13-7-11-5-6-20-10-14(11)16(9-13)23-19/h1-7,9-10H,8,19H2,(H,21,22). The Balaban J connectivity index is 1.84. The van der Waals surface area contributed by atoms with E-state index in [4.69, 9.17) is 16.7 Å². The van der Waals surface area contributed by atoms with Crippen LogP contribution in [0.25, 0.3) is 10.8 Å². The lowest BCUT2D eigenvalue weighted by Gasteiger charge is -2.10. The summed E-state index contributed by atoms with van der Waals surface area (Å²) in [6, 6.07) is 13.0. The lowest BCUT2D eigenvalue weighted by Crippen LogP contribution is -2.14. The number of nitrogens with zero attached hydrogens (tertiary/aromatic N) is 1. The Morgan fingerprint density at radius 3 is 2.87 bits per heavy atom. The number of aromatic nitrogens is 1. The van der Waals surface area contributed by atoms with Crippen molar-refractivity contribution in [3.05, 3.63) is 65.4 Å². The molecule has 0 saturated heterocycles. The van der Waals surface area contributed by atoms with Gasteiger partial charge in [-0.05, 0) is 47.2 Å². The predicted octanol–water partition coefficient (Wildman–Crippen LogP) is 4.04. The maximum absolute atomic E-state index is 12.2. The summed E-state index contributed by atoms with van der Waals surface area (Å²) in [7, 11) is 0. The van der Waals surface area contributed by atoms with Gasteiger partial charge in [-0.3, -0.25) is 14.9 Å². The van der Waals surface area contributed by atoms with Crippen LogP contribution >= 0.6 is 23.5 Å². The van der Waals surface area contributed by atoms with Gasteiger partial charge in [0.1, 0.15) is 0 Å². The minimum Gasteiger partial charge on any atom is -0.326 e. The highest BCUT2D eigenvalue weighted by atomic mass is 35.5. The summed E-state index contributed by atoms with van der Waals surface area (Å²) in [5.41, 5.74) is 1.50. The number of benzene rings is 2. The van der Waals surface area contributed by atoms with Crippen molar-refractivity contribution in [2.75, 3.05) is 5.32 Å². The molecule has 0 bridgehead atoms. The van der Waals surface area contributed by atoms with Gasteiger partial charge in [0.2, 0.25) is 5.91 Å². The highest BCUT2D eigenvalue weighted by Crippen LogP contribution is 2.28. The number of pyridine rings is 1. The van der Waals surface area contributed by atoms with Crippen LogP contribution in [-0.2, 0) is 11.2 Å². The summed E-state index contributed by atoms with van der Waals surface area (Å²) in [6.07, 6.45) is 3.70. The number of nitrogens with two attached hydrogens (primary N) is 1. The molecule has 3 aromatic rings. The minimum absolute atomic E-state index is 0.125. The molecular formula is C17H14ClN3OS. The Labute approximate surface area is 143 Å². The summed E-state index contributed by atoms with van der Waals surface area (Å²) in [4.78, 5) is 17.2. The first-order chi connectivity index (χ1) is 11.2. The zero-order valence-corrected chi connectivity index (χ0v) is 13.7. The molecule has 116 valence electrons. The first kappa shape index (κ1) is 15.8. The molecule has 0 aliphatic heterocycles. The van der Waals surface area contributed by atoms with E-state index in [1.807, 2.05) is 36.4 Å². The fraction of sp³-hybridized carbons (Fsp3) is 0.0588. The molecule has 0 radical (unpaired) electrons. The number of fused-ring (bicyclic) bond motifs is 1. The molecule has 0 saturated carbocycles. The number of amides is 1. The fourth-order valence-corrected chi connectivity index (χ4v) is 3.05. The van der Waals surface area contributed by atoms with E-state index < -0.39 is 0 Å². The average molecular weight is 344 g/mol. The lowest BCUT2D eigenvalue weighted by atomic mass is 10.1. The number of halogens is 1. The van der Waals surface area contributed by atoms with Crippen molar-refractivity contribution in [3.8, 4) is 0 Å². The van der Waals surface area contributed by atoms with Crippen LogP contribution in [0, 0.1) is 0 Å². The zero-order valence-electron chi connectivity index (χ0n) is 12.1. The van der Waals surface area contributed by atoms with Crippen LogP contribution in [0.2, 0.25) is 5.02 Å². The molecule has 0 fully saturated rings. The number of carbonyl (C=O) groups excluding carboxylic acids is 1. The first-order valence-corrected chi connectivity index (χ1v) is 8.21. The Morgan fingerprint density at radius 2 is 2.09 bits per heavy atom. The number of nitrogens with one attached hydrogen (secondary N) is 1. The monoisotopic (exact) mass is 343 g/mol. The molecule has 1 heterocycles. The van der Waals surface area contributed by atoms with Gasteiger partial charge in [-0.2, -0.15) is 0 Å². The number of hydrogen-bond acceptors (Lipinski definition) is 4. The second-order valence-corrected chi connectivity index (χ2v) is 6.09. The van der Waals surface area contributed by atoms with Gasteiger partial charge in [-0.15, -0.1) is 0 Å². The van der Waals surface area contributed by atoms with Gasteiger partial charge < -0.3 is 5.32 Å². The van der Waals surface area contributed by atoms with Gasteiger partial charge in [0.05, 0.1) is 6.42 Å². The second-order valence-electron chi connectivity index (χ2n) is 5.01. The molecule has 1 amide bonds. The zero-order chi connectivity index (χ0) is 16.2. The van der Waals surface area contributed by atoms with Crippen LogP contribution in [0.3, 0.4) is 0 Å². The van der Waals surface area contributed by atoms with Crippen molar-refractivity contribution < 1.29 is 4.79 Å². The number of rotatable bonds is 4. The minimum atomic E-state index is -0.125. The summed E-state index contributed by atoms with van der Waals surface area (Å²) >= 11 is 7.22. The Bertz CT molecular complexity index is 869. The average Bonchev–Trinajstić information content (AvgIpc) is 2.56. The molecule has 0 aliphatic rings. The maximum atomic E-state index is 12.2. The van der Waals surface area contributed by atoms with E-state index in [9.17, 15) is 4.79 Å². The van der Waals surface area contributed by atoms with E-state index in [1.54, 1.807) is 18.5 Å².